The Morgan fingerprint density at radius 1 is 1.16 bits per heavy atom. The molecule has 4 atom stereocenters. The molecule has 1 aromatic carbocycles. The average molecular weight is 529 g/mol. The largest absolute Gasteiger partial charge is 0.493 e. The lowest BCUT2D eigenvalue weighted by molar-refractivity contribution is -0.161. The summed E-state index contributed by atoms with van der Waals surface area (Å²) in [5, 5.41) is 2.61. The highest BCUT2D eigenvalue weighted by atomic mass is 16.6. The van der Waals surface area contributed by atoms with E-state index in [4.69, 9.17) is 23.7 Å². The SMILES string of the molecule is COc1ccnc(C(=O)N[C@H]2COC[C@H](Cc3ccccc3)[C@@H](OCC(C)C)[C@H](C)OC2=O)c1OC(C)=O. The highest BCUT2D eigenvalue weighted by Gasteiger charge is 2.36. The predicted octanol–water partition coefficient (Wildman–Crippen LogP) is 2.98. The summed E-state index contributed by atoms with van der Waals surface area (Å²) in [5.41, 5.74) is 0.907. The number of esters is 2. The van der Waals surface area contributed by atoms with Gasteiger partial charge in [0.25, 0.3) is 5.91 Å². The Morgan fingerprint density at radius 2 is 1.89 bits per heavy atom. The number of benzene rings is 1. The minimum Gasteiger partial charge on any atom is -0.493 e. The number of hydrogen-bond acceptors (Lipinski definition) is 9. The quantitative estimate of drug-likeness (QED) is 0.490. The number of amides is 1. The van der Waals surface area contributed by atoms with Gasteiger partial charge in [-0.3, -0.25) is 9.59 Å². The Morgan fingerprint density at radius 3 is 2.55 bits per heavy atom. The number of ether oxygens (including phenoxy) is 5. The van der Waals surface area contributed by atoms with E-state index in [1.165, 1.54) is 26.3 Å². The van der Waals surface area contributed by atoms with Crippen LogP contribution >= 0.6 is 0 Å². The molecule has 0 aliphatic carbocycles. The van der Waals surface area contributed by atoms with Crippen LogP contribution in [0.15, 0.2) is 42.6 Å². The van der Waals surface area contributed by atoms with Gasteiger partial charge in [0.1, 0.15) is 6.10 Å². The van der Waals surface area contributed by atoms with Gasteiger partial charge in [0.05, 0.1) is 26.4 Å². The third-order valence-corrected chi connectivity index (χ3v) is 5.95. The van der Waals surface area contributed by atoms with E-state index < -0.39 is 36.1 Å². The van der Waals surface area contributed by atoms with Gasteiger partial charge in [-0.25, -0.2) is 9.78 Å². The lowest BCUT2D eigenvalue weighted by atomic mass is 9.91. The molecule has 0 radical (unpaired) electrons. The van der Waals surface area contributed by atoms with Crippen LogP contribution in [0.25, 0.3) is 0 Å². The molecule has 1 amide bonds. The molecule has 38 heavy (non-hydrogen) atoms. The van der Waals surface area contributed by atoms with Crippen molar-refractivity contribution in [1.82, 2.24) is 10.3 Å². The first-order chi connectivity index (χ1) is 18.2. The molecule has 1 aromatic heterocycles. The van der Waals surface area contributed by atoms with Crippen LogP contribution in [0.2, 0.25) is 0 Å². The third kappa shape index (κ3) is 8.00. The molecule has 10 nitrogen and oxygen atoms in total. The molecular formula is C28H36N2O8. The molecule has 1 saturated heterocycles. The molecule has 1 aliphatic rings. The molecule has 0 bridgehead atoms. The smallest absolute Gasteiger partial charge is 0.331 e. The van der Waals surface area contributed by atoms with Gasteiger partial charge >= 0.3 is 11.9 Å². The average Bonchev–Trinajstić information content (AvgIpc) is 2.92. The molecule has 1 aliphatic heterocycles. The van der Waals surface area contributed by atoms with E-state index in [2.05, 4.69) is 24.1 Å². The van der Waals surface area contributed by atoms with E-state index >= 15 is 0 Å². The highest BCUT2D eigenvalue weighted by molar-refractivity contribution is 5.98. The zero-order valence-corrected chi connectivity index (χ0v) is 22.5. The number of carbonyl (C=O) groups excluding carboxylic acids is 3. The maximum absolute atomic E-state index is 13.1. The zero-order chi connectivity index (χ0) is 27.7. The molecule has 3 rings (SSSR count). The lowest BCUT2D eigenvalue weighted by Crippen LogP contribution is -2.46. The molecule has 2 heterocycles. The molecule has 1 fully saturated rings. The minimum atomic E-state index is -1.12. The second-order valence-electron chi connectivity index (χ2n) is 9.63. The molecule has 10 heteroatoms. The van der Waals surface area contributed by atoms with Crippen molar-refractivity contribution >= 4 is 17.8 Å². The highest BCUT2D eigenvalue weighted by Crippen LogP contribution is 2.30. The number of carbonyl (C=O) groups is 3. The van der Waals surface area contributed by atoms with Gasteiger partial charge in [-0.15, -0.1) is 0 Å². The van der Waals surface area contributed by atoms with E-state index in [9.17, 15) is 14.4 Å². The number of methoxy groups -OCH3 is 1. The van der Waals surface area contributed by atoms with E-state index in [0.29, 0.717) is 19.6 Å². The molecule has 1 N–H and O–H groups in total. The number of cyclic esters (lactones) is 1. The van der Waals surface area contributed by atoms with Crippen LogP contribution in [0.5, 0.6) is 11.5 Å². The fourth-order valence-electron chi connectivity index (χ4n) is 4.21. The standard InChI is InChI=1S/C28H36N2O8/c1-17(2)14-36-25-18(3)37-28(33)22(16-35-15-21(25)13-20-9-7-6-8-10-20)30-27(32)24-26(38-19(4)31)23(34-5)11-12-29-24/h6-12,17-18,21-22,25H,13-16H2,1-5H3,(H,30,32)/t18-,21-,22-,25-/m0/s1. The van der Waals surface area contributed by atoms with Crippen LogP contribution in [-0.4, -0.2) is 68.0 Å². The van der Waals surface area contributed by atoms with Crippen molar-refractivity contribution in [3.8, 4) is 11.5 Å². The first-order valence-corrected chi connectivity index (χ1v) is 12.7. The summed E-state index contributed by atoms with van der Waals surface area (Å²) >= 11 is 0. The number of aromatic nitrogens is 1. The van der Waals surface area contributed by atoms with Crippen LogP contribution < -0.4 is 14.8 Å². The molecular weight excluding hydrogens is 492 g/mol. The number of pyridine rings is 1. The van der Waals surface area contributed by atoms with E-state index in [1.54, 1.807) is 6.92 Å². The van der Waals surface area contributed by atoms with Gasteiger partial charge in [-0.2, -0.15) is 0 Å². The van der Waals surface area contributed by atoms with Crippen molar-refractivity contribution in [2.75, 3.05) is 26.9 Å². The molecule has 2 aromatic rings. The zero-order valence-electron chi connectivity index (χ0n) is 22.5. The second kappa shape index (κ2) is 13.9. The van der Waals surface area contributed by atoms with Crippen molar-refractivity contribution in [3.05, 3.63) is 53.9 Å². The van der Waals surface area contributed by atoms with Crippen molar-refractivity contribution in [2.24, 2.45) is 11.8 Å². The Balaban J connectivity index is 1.81. The third-order valence-electron chi connectivity index (χ3n) is 5.95. The molecule has 0 saturated carbocycles. The number of nitrogens with one attached hydrogen (secondary N) is 1. The van der Waals surface area contributed by atoms with Crippen LogP contribution in [0.3, 0.4) is 0 Å². The van der Waals surface area contributed by atoms with Crippen molar-refractivity contribution in [3.63, 3.8) is 0 Å². The topological polar surface area (TPSA) is 122 Å². The fraction of sp³-hybridized carbons (Fsp3) is 0.500. The summed E-state index contributed by atoms with van der Waals surface area (Å²) in [6.07, 6.45) is 1.00. The van der Waals surface area contributed by atoms with Crippen LogP contribution in [0, 0.1) is 11.8 Å². The van der Waals surface area contributed by atoms with Gasteiger partial charge in [-0.05, 0) is 24.8 Å². The number of hydrogen-bond donors (Lipinski definition) is 1. The summed E-state index contributed by atoms with van der Waals surface area (Å²) in [4.78, 5) is 41.9. The number of nitrogens with zero attached hydrogens (tertiary/aromatic N) is 1. The van der Waals surface area contributed by atoms with Crippen molar-refractivity contribution in [2.45, 2.75) is 52.4 Å². The van der Waals surface area contributed by atoms with Crippen LogP contribution in [0.1, 0.15) is 43.7 Å². The van der Waals surface area contributed by atoms with Crippen molar-refractivity contribution < 1.29 is 38.1 Å². The van der Waals surface area contributed by atoms with Gasteiger partial charge in [-0.1, -0.05) is 44.2 Å². The van der Waals surface area contributed by atoms with Gasteiger partial charge in [0.2, 0.25) is 5.75 Å². The summed E-state index contributed by atoms with van der Waals surface area (Å²) in [7, 11) is 1.37. The van der Waals surface area contributed by atoms with E-state index in [-0.39, 0.29) is 35.6 Å². The summed E-state index contributed by atoms with van der Waals surface area (Å²) in [6, 6.07) is 10.3. The molecule has 206 valence electrons. The van der Waals surface area contributed by atoms with E-state index in [1.807, 2.05) is 30.3 Å². The minimum absolute atomic E-state index is 0.0935. The van der Waals surface area contributed by atoms with Gasteiger partial charge in [0.15, 0.2) is 17.5 Å². The van der Waals surface area contributed by atoms with Gasteiger partial charge in [0, 0.05) is 31.7 Å². The molecule has 0 spiro atoms. The lowest BCUT2D eigenvalue weighted by Gasteiger charge is -2.31. The van der Waals surface area contributed by atoms with E-state index in [0.717, 1.165) is 5.56 Å². The first-order valence-electron chi connectivity index (χ1n) is 12.7. The molecule has 0 unspecified atom stereocenters. The van der Waals surface area contributed by atoms with Crippen LogP contribution in [0.4, 0.5) is 0 Å². The Bertz CT molecular complexity index is 1090. The maximum atomic E-state index is 13.1. The monoisotopic (exact) mass is 528 g/mol. The van der Waals surface area contributed by atoms with Crippen molar-refractivity contribution in [1.29, 1.82) is 0 Å². The predicted molar refractivity (Wildman–Crippen MR) is 138 cm³/mol. The Kier molecular flexibility index (Phi) is 10.6. The van der Waals surface area contributed by atoms with Crippen LogP contribution in [-0.2, 0) is 30.2 Å². The Hall–Kier alpha value is -3.50. The fourth-order valence-corrected chi connectivity index (χ4v) is 4.21. The summed E-state index contributed by atoms with van der Waals surface area (Å²) in [5.74, 6) is -1.86. The Labute approximate surface area is 223 Å². The van der Waals surface area contributed by atoms with Gasteiger partial charge < -0.3 is 29.0 Å². The second-order valence-corrected chi connectivity index (χ2v) is 9.63. The first kappa shape index (κ1) is 29.1. The number of rotatable bonds is 9. The maximum Gasteiger partial charge on any atom is 0.331 e. The summed E-state index contributed by atoms with van der Waals surface area (Å²) in [6.45, 7) is 7.76. The summed E-state index contributed by atoms with van der Waals surface area (Å²) < 4.78 is 28.3. The normalized spacial score (nSPS) is 22.0.